The van der Waals surface area contributed by atoms with E-state index in [1.807, 2.05) is 66.5 Å². The number of rotatable bonds is 8. The number of benzene rings is 2. The summed E-state index contributed by atoms with van der Waals surface area (Å²) in [5, 5.41) is 28.3. The van der Waals surface area contributed by atoms with Crippen molar-refractivity contribution >= 4 is 66.6 Å². The zero-order valence-corrected chi connectivity index (χ0v) is 25.2. The number of aromatic nitrogens is 6. The Hall–Kier alpha value is -4.42. The van der Waals surface area contributed by atoms with E-state index in [9.17, 15) is 9.59 Å². The maximum Gasteiger partial charge on any atom is 0.230 e. The van der Waals surface area contributed by atoms with Gasteiger partial charge in [-0.2, -0.15) is 0 Å². The fourth-order valence-corrected chi connectivity index (χ4v) is 7.87. The third kappa shape index (κ3) is 5.80. The molecule has 2 aromatic carbocycles. The number of amides is 2. The summed E-state index contributed by atoms with van der Waals surface area (Å²) in [6, 6.07) is 16.0. The molecule has 2 atom stereocenters. The molecule has 1 aliphatic carbocycles. The predicted molar refractivity (Wildman–Crippen MR) is 170 cm³/mol. The molecule has 1 aliphatic rings. The molecule has 4 aromatic heterocycles. The molecule has 0 spiro atoms. The Morgan fingerprint density at radius 1 is 0.837 bits per heavy atom. The molecule has 43 heavy (non-hydrogen) atoms. The molecule has 0 radical (unpaired) electrons. The Morgan fingerprint density at radius 3 is 2.14 bits per heavy atom. The van der Waals surface area contributed by atoms with Crippen LogP contribution in [0.5, 0.6) is 0 Å². The standard InChI is InChI=1S/C31H30N8O2S2/c1-39-17-21(23-10-3-5-12-25(23)39)15-27(41)34-31-38-36-29(43-31)19-8-6-7-18(13-19)28-35-37-30(42-28)33-26(40)14-20-16-32-24-11-4-2-9-22(20)24/h2-5,9-12,16-19,32H,6-8,13-15H2,1H3,(H,33,37,40)(H,34,38,41)/t18-,19+/m1/s1. The van der Waals surface area contributed by atoms with Crippen LogP contribution in [0, 0.1) is 0 Å². The molecule has 7 rings (SSSR count). The van der Waals surface area contributed by atoms with Gasteiger partial charge in [-0.15, -0.1) is 20.4 Å². The van der Waals surface area contributed by atoms with E-state index in [2.05, 4.69) is 42.1 Å². The largest absolute Gasteiger partial charge is 0.361 e. The van der Waals surface area contributed by atoms with Crippen molar-refractivity contribution in [1.82, 2.24) is 29.9 Å². The molecule has 10 nitrogen and oxygen atoms in total. The van der Waals surface area contributed by atoms with Crippen LogP contribution in [0.3, 0.4) is 0 Å². The van der Waals surface area contributed by atoms with Gasteiger partial charge in [0.05, 0.1) is 12.8 Å². The van der Waals surface area contributed by atoms with E-state index in [0.29, 0.717) is 10.3 Å². The molecule has 1 fully saturated rings. The molecule has 1 saturated carbocycles. The highest BCUT2D eigenvalue weighted by Crippen LogP contribution is 2.43. The molecular formula is C31H30N8O2S2. The number of H-pyrrole nitrogens is 1. The third-order valence-electron chi connectivity index (χ3n) is 8.10. The monoisotopic (exact) mass is 610 g/mol. The van der Waals surface area contributed by atoms with Gasteiger partial charge in [0, 0.05) is 53.1 Å². The third-order valence-corrected chi connectivity index (χ3v) is 10.1. The number of hydrogen-bond donors (Lipinski definition) is 3. The van der Waals surface area contributed by atoms with Gasteiger partial charge in [-0.05, 0) is 42.5 Å². The van der Waals surface area contributed by atoms with Crippen molar-refractivity contribution in [3.05, 3.63) is 82.1 Å². The van der Waals surface area contributed by atoms with Gasteiger partial charge >= 0.3 is 0 Å². The summed E-state index contributed by atoms with van der Waals surface area (Å²) in [5.41, 5.74) is 4.06. The highest BCUT2D eigenvalue weighted by atomic mass is 32.1. The van der Waals surface area contributed by atoms with Crippen molar-refractivity contribution in [2.45, 2.75) is 50.4 Å². The molecule has 0 unspecified atom stereocenters. The lowest BCUT2D eigenvalue weighted by Gasteiger charge is -2.25. The van der Waals surface area contributed by atoms with Gasteiger partial charge in [0.1, 0.15) is 10.0 Å². The Bertz CT molecular complexity index is 1940. The second kappa shape index (κ2) is 11.7. The molecule has 0 bridgehead atoms. The van der Waals surface area contributed by atoms with Gasteiger partial charge in [-0.25, -0.2) is 0 Å². The van der Waals surface area contributed by atoms with Crippen molar-refractivity contribution in [3.63, 3.8) is 0 Å². The fraction of sp³-hybridized carbons (Fsp3) is 0.290. The van der Waals surface area contributed by atoms with Gasteiger partial charge in [0.2, 0.25) is 22.1 Å². The quantitative estimate of drug-likeness (QED) is 0.189. The minimum atomic E-state index is -0.113. The smallest absolute Gasteiger partial charge is 0.230 e. The summed E-state index contributed by atoms with van der Waals surface area (Å²) in [4.78, 5) is 28.8. The highest BCUT2D eigenvalue weighted by Gasteiger charge is 2.29. The van der Waals surface area contributed by atoms with Crippen molar-refractivity contribution in [2.24, 2.45) is 7.05 Å². The molecule has 3 N–H and O–H groups in total. The van der Waals surface area contributed by atoms with Crippen LogP contribution in [0.25, 0.3) is 21.8 Å². The van der Waals surface area contributed by atoms with Crippen molar-refractivity contribution in [1.29, 1.82) is 0 Å². The lowest BCUT2D eigenvalue weighted by Crippen LogP contribution is -2.14. The van der Waals surface area contributed by atoms with E-state index in [1.54, 1.807) is 0 Å². The van der Waals surface area contributed by atoms with Crippen molar-refractivity contribution < 1.29 is 9.59 Å². The summed E-state index contributed by atoms with van der Waals surface area (Å²) < 4.78 is 2.04. The minimum Gasteiger partial charge on any atom is -0.361 e. The first-order chi connectivity index (χ1) is 21.0. The van der Waals surface area contributed by atoms with Crippen LogP contribution in [-0.4, -0.2) is 41.8 Å². The van der Waals surface area contributed by atoms with Crippen molar-refractivity contribution in [3.8, 4) is 0 Å². The molecule has 218 valence electrons. The number of anilines is 2. The summed E-state index contributed by atoms with van der Waals surface area (Å²) in [7, 11) is 1.99. The van der Waals surface area contributed by atoms with Crippen LogP contribution >= 0.6 is 22.7 Å². The van der Waals surface area contributed by atoms with E-state index in [1.165, 1.54) is 22.7 Å². The number of carbonyl (C=O) groups is 2. The number of fused-ring (bicyclic) bond motifs is 2. The van der Waals surface area contributed by atoms with Crippen LogP contribution < -0.4 is 10.6 Å². The first kappa shape index (κ1) is 27.4. The molecule has 0 aliphatic heterocycles. The summed E-state index contributed by atoms with van der Waals surface area (Å²) in [6.45, 7) is 0. The zero-order chi connectivity index (χ0) is 29.3. The van der Waals surface area contributed by atoms with E-state index in [4.69, 9.17) is 0 Å². The molecule has 12 heteroatoms. The first-order valence-electron chi connectivity index (χ1n) is 14.3. The number of hydrogen-bond acceptors (Lipinski definition) is 8. The molecule has 2 amide bonds. The number of carbonyl (C=O) groups excluding carboxylic acids is 2. The van der Waals surface area contributed by atoms with Crippen LogP contribution in [0.2, 0.25) is 0 Å². The Morgan fingerprint density at radius 2 is 1.44 bits per heavy atom. The topological polar surface area (TPSA) is 130 Å². The molecule has 6 aromatic rings. The summed E-state index contributed by atoms with van der Waals surface area (Å²) >= 11 is 2.89. The van der Waals surface area contributed by atoms with E-state index in [0.717, 1.165) is 68.6 Å². The van der Waals surface area contributed by atoms with Gasteiger partial charge in [0.15, 0.2) is 0 Å². The number of nitrogens with one attached hydrogen (secondary N) is 3. The van der Waals surface area contributed by atoms with E-state index < -0.39 is 0 Å². The van der Waals surface area contributed by atoms with Gasteiger partial charge in [0.25, 0.3) is 0 Å². The van der Waals surface area contributed by atoms with E-state index >= 15 is 0 Å². The Kier molecular flexibility index (Phi) is 7.45. The SMILES string of the molecule is Cn1cc(CC(=O)Nc2nnc([C@H]3CCC[C@@H](c4nnc(NC(=O)Cc5c[nH]c6ccccc56)s4)C3)s2)c2ccccc21. The lowest BCUT2D eigenvalue weighted by atomic mass is 9.82. The second-order valence-electron chi connectivity index (χ2n) is 11.0. The second-order valence-corrected chi connectivity index (χ2v) is 13.1. The van der Waals surface area contributed by atoms with Crippen LogP contribution in [-0.2, 0) is 29.5 Å². The highest BCUT2D eigenvalue weighted by molar-refractivity contribution is 7.15. The first-order valence-corrected chi connectivity index (χ1v) is 16.0. The Balaban J connectivity index is 0.953. The zero-order valence-electron chi connectivity index (χ0n) is 23.5. The van der Waals surface area contributed by atoms with Crippen LogP contribution in [0.1, 0.15) is 58.7 Å². The van der Waals surface area contributed by atoms with Crippen LogP contribution in [0.15, 0.2) is 60.9 Å². The number of nitrogens with zero attached hydrogens (tertiary/aromatic N) is 5. The van der Waals surface area contributed by atoms with E-state index in [-0.39, 0.29) is 36.5 Å². The number of aromatic amines is 1. The molecule has 0 saturated heterocycles. The normalized spacial score (nSPS) is 17.0. The maximum absolute atomic E-state index is 12.9. The molecule has 4 heterocycles. The average molecular weight is 611 g/mol. The van der Waals surface area contributed by atoms with Gasteiger partial charge in [-0.3, -0.25) is 9.59 Å². The van der Waals surface area contributed by atoms with Gasteiger partial charge < -0.3 is 20.2 Å². The van der Waals surface area contributed by atoms with Crippen LogP contribution in [0.4, 0.5) is 10.3 Å². The van der Waals surface area contributed by atoms with Crippen molar-refractivity contribution in [2.75, 3.05) is 10.6 Å². The van der Waals surface area contributed by atoms with Gasteiger partial charge in [-0.1, -0.05) is 65.5 Å². The minimum absolute atomic E-state index is 0.103. The summed E-state index contributed by atoms with van der Waals surface area (Å²) in [5.74, 6) is 0.263. The average Bonchev–Trinajstić information content (AvgIpc) is 3.82. The predicted octanol–water partition coefficient (Wildman–Crippen LogP) is 6.17. The fourth-order valence-electron chi connectivity index (χ4n) is 6.06. The maximum atomic E-state index is 12.9. The Labute approximate surface area is 255 Å². The molecular weight excluding hydrogens is 581 g/mol. The summed E-state index contributed by atoms with van der Waals surface area (Å²) in [6.07, 6.45) is 8.39. The number of aryl methyl sites for hydroxylation is 1. The lowest BCUT2D eigenvalue weighted by molar-refractivity contribution is -0.116. The number of para-hydroxylation sites is 2.